The van der Waals surface area contributed by atoms with Crippen LogP contribution >= 0.6 is 0 Å². The molecule has 1 aliphatic carbocycles. The van der Waals surface area contributed by atoms with E-state index in [2.05, 4.69) is 9.62 Å². The van der Waals surface area contributed by atoms with Gasteiger partial charge in [0, 0.05) is 39.3 Å². The highest BCUT2D eigenvalue weighted by Crippen LogP contribution is 2.22. The van der Waals surface area contributed by atoms with E-state index in [1.165, 1.54) is 10.7 Å². The molecule has 1 saturated heterocycles. The van der Waals surface area contributed by atoms with Crippen molar-refractivity contribution in [3.05, 3.63) is 0 Å². The van der Waals surface area contributed by atoms with Crippen molar-refractivity contribution >= 4 is 10.2 Å². The lowest BCUT2D eigenvalue weighted by Crippen LogP contribution is -2.47. The monoisotopic (exact) mass is 305 g/mol. The van der Waals surface area contributed by atoms with Gasteiger partial charge in [-0.25, -0.2) is 4.72 Å². The molecule has 0 aromatic rings. The maximum atomic E-state index is 12.2. The molecular formula is C13H27N3O3S. The molecule has 0 radical (unpaired) electrons. The summed E-state index contributed by atoms with van der Waals surface area (Å²) < 4.78 is 34.0. The van der Waals surface area contributed by atoms with Gasteiger partial charge in [0.15, 0.2) is 0 Å². The molecule has 0 spiro atoms. The number of rotatable bonds is 6. The van der Waals surface area contributed by atoms with E-state index in [1.807, 2.05) is 0 Å². The molecular weight excluding hydrogens is 278 g/mol. The molecule has 2 aliphatic rings. The van der Waals surface area contributed by atoms with Gasteiger partial charge in [-0.3, -0.25) is 4.90 Å². The number of hydrogen-bond acceptors (Lipinski definition) is 4. The number of ether oxygens (including phenoxy) is 1. The van der Waals surface area contributed by atoms with Gasteiger partial charge in [0.25, 0.3) is 10.2 Å². The molecule has 0 bridgehead atoms. The maximum absolute atomic E-state index is 12.2. The zero-order valence-corrected chi connectivity index (χ0v) is 13.2. The minimum atomic E-state index is -3.34. The second kappa shape index (κ2) is 7.70. The van der Waals surface area contributed by atoms with Crippen molar-refractivity contribution in [1.82, 2.24) is 13.9 Å². The molecule has 1 N–H and O–H groups in total. The Labute approximate surface area is 122 Å². The van der Waals surface area contributed by atoms with Crippen molar-refractivity contribution in [3.63, 3.8) is 0 Å². The van der Waals surface area contributed by atoms with Gasteiger partial charge in [0.05, 0.1) is 13.2 Å². The summed E-state index contributed by atoms with van der Waals surface area (Å²) in [6.07, 6.45) is 5.48. The molecule has 1 aliphatic heterocycles. The SMILES string of the molecule is CN(C1CCCCC1)S(=O)(=O)NCCN1CCOCC1. The molecule has 0 aromatic heterocycles. The molecule has 118 valence electrons. The van der Waals surface area contributed by atoms with Crippen LogP contribution < -0.4 is 4.72 Å². The second-order valence-electron chi connectivity index (χ2n) is 5.66. The van der Waals surface area contributed by atoms with Crippen molar-refractivity contribution < 1.29 is 13.2 Å². The van der Waals surface area contributed by atoms with Crippen LogP contribution in [0.25, 0.3) is 0 Å². The summed E-state index contributed by atoms with van der Waals surface area (Å²) in [6, 6.07) is 0.171. The summed E-state index contributed by atoms with van der Waals surface area (Å²) in [5.74, 6) is 0. The molecule has 0 amide bonds. The van der Waals surface area contributed by atoms with Crippen LogP contribution in [-0.4, -0.2) is 70.1 Å². The molecule has 1 saturated carbocycles. The summed E-state index contributed by atoms with van der Waals surface area (Å²) in [5.41, 5.74) is 0. The second-order valence-corrected chi connectivity index (χ2v) is 7.48. The molecule has 0 aromatic carbocycles. The van der Waals surface area contributed by atoms with E-state index in [0.29, 0.717) is 6.54 Å². The van der Waals surface area contributed by atoms with Crippen molar-refractivity contribution in [3.8, 4) is 0 Å². The number of morpholine rings is 1. The van der Waals surface area contributed by atoms with E-state index in [1.54, 1.807) is 7.05 Å². The lowest BCUT2D eigenvalue weighted by molar-refractivity contribution is 0.0390. The lowest BCUT2D eigenvalue weighted by atomic mass is 9.96. The Balaban J connectivity index is 1.74. The van der Waals surface area contributed by atoms with Gasteiger partial charge in [-0.2, -0.15) is 12.7 Å². The van der Waals surface area contributed by atoms with E-state index < -0.39 is 10.2 Å². The van der Waals surface area contributed by atoms with Crippen molar-refractivity contribution in [2.45, 2.75) is 38.1 Å². The molecule has 6 nitrogen and oxygen atoms in total. The Bertz CT molecular complexity index is 376. The molecule has 7 heteroatoms. The van der Waals surface area contributed by atoms with Crippen LogP contribution in [0.5, 0.6) is 0 Å². The Morgan fingerprint density at radius 2 is 1.85 bits per heavy atom. The zero-order valence-electron chi connectivity index (χ0n) is 12.4. The standard InChI is InChI=1S/C13H27N3O3S/c1-15(13-5-3-2-4-6-13)20(17,18)14-7-8-16-9-11-19-12-10-16/h13-14H,2-12H2,1H3. The Morgan fingerprint density at radius 3 is 2.50 bits per heavy atom. The highest BCUT2D eigenvalue weighted by atomic mass is 32.2. The molecule has 1 heterocycles. The fourth-order valence-corrected chi connectivity index (χ4v) is 4.06. The predicted octanol–water partition coefficient (Wildman–Crippen LogP) is 0.418. The Hall–Kier alpha value is -0.210. The minimum Gasteiger partial charge on any atom is -0.379 e. The van der Waals surface area contributed by atoms with Gasteiger partial charge in [-0.05, 0) is 12.8 Å². The van der Waals surface area contributed by atoms with E-state index >= 15 is 0 Å². The van der Waals surface area contributed by atoms with Gasteiger partial charge in [-0.1, -0.05) is 19.3 Å². The van der Waals surface area contributed by atoms with Gasteiger partial charge in [0.2, 0.25) is 0 Å². The van der Waals surface area contributed by atoms with Crippen LogP contribution in [-0.2, 0) is 14.9 Å². The average Bonchev–Trinajstić information content (AvgIpc) is 2.48. The summed E-state index contributed by atoms with van der Waals surface area (Å²) in [4.78, 5) is 2.23. The van der Waals surface area contributed by atoms with E-state index in [4.69, 9.17) is 4.74 Å². The van der Waals surface area contributed by atoms with E-state index in [0.717, 1.165) is 58.5 Å². The third-order valence-corrected chi connectivity index (χ3v) is 5.91. The van der Waals surface area contributed by atoms with Gasteiger partial charge in [-0.15, -0.1) is 0 Å². The van der Waals surface area contributed by atoms with Gasteiger partial charge in [0.1, 0.15) is 0 Å². The number of hydrogen-bond donors (Lipinski definition) is 1. The molecule has 0 unspecified atom stereocenters. The van der Waals surface area contributed by atoms with Crippen LogP contribution in [0, 0.1) is 0 Å². The first-order valence-electron chi connectivity index (χ1n) is 7.62. The Kier molecular flexibility index (Phi) is 6.22. The van der Waals surface area contributed by atoms with E-state index in [-0.39, 0.29) is 6.04 Å². The number of nitrogens with zero attached hydrogens (tertiary/aromatic N) is 2. The first kappa shape index (κ1) is 16.2. The molecule has 20 heavy (non-hydrogen) atoms. The third kappa shape index (κ3) is 4.66. The van der Waals surface area contributed by atoms with Gasteiger partial charge < -0.3 is 4.74 Å². The maximum Gasteiger partial charge on any atom is 0.279 e. The van der Waals surface area contributed by atoms with Crippen LogP contribution in [0.2, 0.25) is 0 Å². The van der Waals surface area contributed by atoms with Crippen molar-refractivity contribution in [2.24, 2.45) is 0 Å². The first-order chi connectivity index (χ1) is 9.59. The summed E-state index contributed by atoms with van der Waals surface area (Å²) in [6.45, 7) is 4.49. The minimum absolute atomic E-state index is 0.171. The summed E-state index contributed by atoms with van der Waals surface area (Å²) in [5, 5.41) is 0. The quantitative estimate of drug-likeness (QED) is 0.772. The summed E-state index contributed by atoms with van der Waals surface area (Å²) >= 11 is 0. The fourth-order valence-electron chi connectivity index (χ4n) is 2.90. The molecule has 2 rings (SSSR count). The van der Waals surface area contributed by atoms with Crippen LogP contribution in [0.3, 0.4) is 0 Å². The van der Waals surface area contributed by atoms with Crippen molar-refractivity contribution in [1.29, 1.82) is 0 Å². The highest BCUT2D eigenvalue weighted by Gasteiger charge is 2.27. The predicted molar refractivity (Wildman–Crippen MR) is 78.8 cm³/mol. The van der Waals surface area contributed by atoms with E-state index in [9.17, 15) is 8.42 Å². The van der Waals surface area contributed by atoms with Crippen LogP contribution in [0.4, 0.5) is 0 Å². The smallest absolute Gasteiger partial charge is 0.279 e. The van der Waals surface area contributed by atoms with Crippen molar-refractivity contribution in [2.75, 3.05) is 46.4 Å². The largest absolute Gasteiger partial charge is 0.379 e. The van der Waals surface area contributed by atoms with Gasteiger partial charge >= 0.3 is 0 Å². The topological polar surface area (TPSA) is 61.9 Å². The lowest BCUT2D eigenvalue weighted by Gasteiger charge is -2.31. The number of nitrogens with one attached hydrogen (secondary N) is 1. The third-order valence-electron chi connectivity index (χ3n) is 4.28. The molecule has 2 fully saturated rings. The normalized spacial score (nSPS) is 23.3. The summed E-state index contributed by atoms with van der Waals surface area (Å²) in [7, 11) is -1.63. The highest BCUT2D eigenvalue weighted by molar-refractivity contribution is 7.87. The molecule has 0 atom stereocenters. The van der Waals surface area contributed by atoms with Crippen LogP contribution in [0.15, 0.2) is 0 Å². The zero-order chi connectivity index (χ0) is 14.4. The van der Waals surface area contributed by atoms with Crippen LogP contribution in [0.1, 0.15) is 32.1 Å². The first-order valence-corrected chi connectivity index (χ1v) is 9.06. The average molecular weight is 305 g/mol. The fraction of sp³-hybridized carbons (Fsp3) is 1.00. The Morgan fingerprint density at radius 1 is 1.20 bits per heavy atom.